The highest BCUT2D eigenvalue weighted by molar-refractivity contribution is 6.17. The minimum absolute atomic E-state index is 1.12. The summed E-state index contributed by atoms with van der Waals surface area (Å²) in [6, 6.07) is 87.8. The summed E-state index contributed by atoms with van der Waals surface area (Å²) >= 11 is 0. The largest absolute Gasteiger partial charge is 0.310 e. The molecule has 10 aromatic carbocycles. The van der Waals surface area contributed by atoms with E-state index in [1.807, 2.05) is 0 Å². The molecule has 1 aromatic heterocycles. The highest BCUT2D eigenvalue weighted by atomic mass is 15.1. The predicted octanol–water partition coefficient (Wildman–Crippen LogP) is 16.1. The molecule has 0 aliphatic rings. The molecule has 0 bridgehead atoms. The van der Waals surface area contributed by atoms with Crippen LogP contribution < -0.4 is 4.90 Å². The lowest BCUT2D eigenvalue weighted by Gasteiger charge is -2.28. The van der Waals surface area contributed by atoms with E-state index in [0.29, 0.717) is 0 Å². The van der Waals surface area contributed by atoms with Crippen LogP contribution in [0.1, 0.15) is 0 Å². The minimum atomic E-state index is 1.12. The van der Waals surface area contributed by atoms with Crippen molar-refractivity contribution in [3.8, 4) is 50.2 Å². The van der Waals surface area contributed by atoms with Crippen LogP contribution in [0, 0.1) is 0 Å². The van der Waals surface area contributed by atoms with Crippen LogP contribution >= 0.6 is 0 Å². The fraction of sp³-hybridized carbons (Fsp3) is 0. The number of para-hydroxylation sites is 3. The summed E-state index contributed by atoms with van der Waals surface area (Å²) in [7, 11) is 0. The topological polar surface area (TPSA) is 8.17 Å². The molecule has 0 aliphatic carbocycles. The first kappa shape index (κ1) is 35.2. The molecule has 0 unspecified atom stereocenters. The molecule has 0 spiro atoms. The van der Waals surface area contributed by atoms with Gasteiger partial charge in [0.05, 0.1) is 16.7 Å². The van der Waals surface area contributed by atoms with Crippen molar-refractivity contribution in [2.24, 2.45) is 0 Å². The van der Waals surface area contributed by atoms with Crippen LogP contribution in [-0.4, -0.2) is 4.57 Å². The summed E-state index contributed by atoms with van der Waals surface area (Å²) in [5, 5.41) is 4.93. The molecule has 0 radical (unpaired) electrons. The van der Waals surface area contributed by atoms with Crippen molar-refractivity contribution in [1.29, 1.82) is 0 Å². The normalized spacial score (nSPS) is 11.3. The smallest absolute Gasteiger partial charge is 0.0547 e. The van der Waals surface area contributed by atoms with Crippen LogP contribution in [0.15, 0.2) is 243 Å². The molecule has 2 nitrogen and oxygen atoms in total. The van der Waals surface area contributed by atoms with Crippen molar-refractivity contribution in [1.82, 2.24) is 4.57 Å². The van der Waals surface area contributed by atoms with E-state index in [9.17, 15) is 0 Å². The van der Waals surface area contributed by atoms with Gasteiger partial charge in [0, 0.05) is 33.4 Å². The Hall–Kier alpha value is -7.94. The third-order valence-corrected chi connectivity index (χ3v) is 11.8. The molecule has 11 rings (SSSR count). The van der Waals surface area contributed by atoms with Gasteiger partial charge in [-0.2, -0.15) is 0 Å². The van der Waals surface area contributed by atoms with E-state index in [0.717, 1.165) is 28.3 Å². The van der Waals surface area contributed by atoms with Gasteiger partial charge in [-0.15, -0.1) is 0 Å². The van der Waals surface area contributed by atoms with Crippen LogP contribution in [0.4, 0.5) is 17.1 Å². The van der Waals surface area contributed by atoms with Crippen LogP contribution in [0.25, 0.3) is 82.8 Å². The maximum atomic E-state index is 2.41. The number of aromatic nitrogens is 1. The summed E-state index contributed by atoms with van der Waals surface area (Å²) in [6.07, 6.45) is 0. The lowest BCUT2D eigenvalue weighted by molar-refractivity contribution is 1.18. The lowest BCUT2D eigenvalue weighted by Crippen LogP contribution is -2.11. The third kappa shape index (κ3) is 6.23. The highest BCUT2D eigenvalue weighted by Crippen LogP contribution is 2.44. The second kappa shape index (κ2) is 15.1. The van der Waals surface area contributed by atoms with Gasteiger partial charge in [0.25, 0.3) is 0 Å². The van der Waals surface area contributed by atoms with Gasteiger partial charge < -0.3 is 9.47 Å². The van der Waals surface area contributed by atoms with Gasteiger partial charge in [-0.25, -0.2) is 0 Å². The zero-order valence-corrected chi connectivity index (χ0v) is 33.0. The maximum Gasteiger partial charge on any atom is 0.0547 e. The molecule has 2 heteroatoms. The van der Waals surface area contributed by atoms with Crippen molar-refractivity contribution >= 4 is 49.6 Å². The van der Waals surface area contributed by atoms with Crippen molar-refractivity contribution in [3.63, 3.8) is 0 Å². The van der Waals surface area contributed by atoms with Gasteiger partial charge in [-0.3, -0.25) is 0 Å². The molecule has 0 N–H and O–H groups in total. The van der Waals surface area contributed by atoms with E-state index in [-0.39, 0.29) is 0 Å². The molecular weight excluding hydrogens is 725 g/mol. The molecule has 0 saturated carbocycles. The zero-order chi connectivity index (χ0) is 39.8. The standard InChI is InChI=1S/C58H40N2/c1-4-18-43(19-5-1)50-25-12-13-27-52(50)53-28-16-30-57-58(53)54-40-46(36-38-56(54)60(57)48-23-8-3-9-24-48)42-31-33-44(34-32-42)51-26-14-15-29-55(51)59(47-21-6-2-7-22-47)49-37-35-41-17-10-11-20-45(41)39-49/h1-40H. The van der Waals surface area contributed by atoms with Crippen LogP contribution in [-0.2, 0) is 0 Å². The molecule has 11 aromatic rings. The van der Waals surface area contributed by atoms with Crippen molar-refractivity contribution in [3.05, 3.63) is 243 Å². The number of nitrogens with zero attached hydrogens (tertiary/aromatic N) is 2. The molecule has 0 saturated heterocycles. The fourth-order valence-corrected chi connectivity index (χ4v) is 8.99. The van der Waals surface area contributed by atoms with Gasteiger partial charge in [0.2, 0.25) is 0 Å². The zero-order valence-electron chi connectivity index (χ0n) is 33.0. The Morgan fingerprint density at radius 1 is 0.300 bits per heavy atom. The molecule has 0 atom stereocenters. The Labute approximate surface area is 350 Å². The Kier molecular flexibility index (Phi) is 8.87. The average Bonchev–Trinajstić information content (AvgIpc) is 3.67. The Bertz CT molecular complexity index is 3290. The average molecular weight is 765 g/mol. The van der Waals surface area contributed by atoms with Gasteiger partial charge in [0.1, 0.15) is 0 Å². The number of hydrogen-bond acceptors (Lipinski definition) is 1. The maximum absolute atomic E-state index is 2.41. The minimum Gasteiger partial charge on any atom is -0.310 e. The molecule has 60 heavy (non-hydrogen) atoms. The predicted molar refractivity (Wildman–Crippen MR) is 255 cm³/mol. The number of fused-ring (bicyclic) bond motifs is 4. The van der Waals surface area contributed by atoms with E-state index in [1.165, 1.54) is 71.5 Å². The highest BCUT2D eigenvalue weighted by Gasteiger charge is 2.20. The van der Waals surface area contributed by atoms with Gasteiger partial charge in [-0.1, -0.05) is 182 Å². The molecule has 1 heterocycles. The summed E-state index contributed by atoms with van der Waals surface area (Å²) in [6.45, 7) is 0. The van der Waals surface area contributed by atoms with Crippen LogP contribution in [0.2, 0.25) is 0 Å². The molecule has 0 amide bonds. The van der Waals surface area contributed by atoms with Crippen molar-refractivity contribution in [2.75, 3.05) is 4.90 Å². The number of rotatable bonds is 8. The van der Waals surface area contributed by atoms with Crippen molar-refractivity contribution < 1.29 is 0 Å². The van der Waals surface area contributed by atoms with E-state index < -0.39 is 0 Å². The van der Waals surface area contributed by atoms with E-state index in [2.05, 4.69) is 252 Å². The number of hydrogen-bond donors (Lipinski definition) is 0. The Morgan fingerprint density at radius 3 is 1.67 bits per heavy atom. The Morgan fingerprint density at radius 2 is 0.883 bits per heavy atom. The quantitative estimate of drug-likeness (QED) is 0.150. The van der Waals surface area contributed by atoms with Gasteiger partial charge in [0.15, 0.2) is 0 Å². The summed E-state index contributed by atoms with van der Waals surface area (Å²) < 4.78 is 2.41. The SMILES string of the molecule is c1ccc(-c2ccccc2-c2cccc3c2c2cc(-c4ccc(-c5ccccc5N(c5ccccc5)c5ccc6ccccc6c5)cc4)ccc2n3-c2ccccc2)cc1. The summed E-state index contributed by atoms with van der Waals surface area (Å²) in [4.78, 5) is 2.37. The monoisotopic (exact) mass is 764 g/mol. The van der Waals surface area contributed by atoms with Gasteiger partial charge >= 0.3 is 0 Å². The molecule has 0 aliphatic heterocycles. The fourth-order valence-electron chi connectivity index (χ4n) is 8.99. The number of benzene rings is 10. The first-order valence-electron chi connectivity index (χ1n) is 20.6. The van der Waals surface area contributed by atoms with E-state index in [4.69, 9.17) is 0 Å². The third-order valence-electron chi connectivity index (χ3n) is 11.8. The van der Waals surface area contributed by atoms with Crippen LogP contribution in [0.3, 0.4) is 0 Å². The Balaban J connectivity index is 1.04. The second-order valence-electron chi connectivity index (χ2n) is 15.3. The lowest BCUT2D eigenvalue weighted by atomic mass is 9.91. The first-order valence-corrected chi connectivity index (χ1v) is 20.6. The summed E-state index contributed by atoms with van der Waals surface area (Å²) in [5.41, 5.74) is 16.5. The van der Waals surface area contributed by atoms with E-state index in [1.54, 1.807) is 0 Å². The van der Waals surface area contributed by atoms with Crippen molar-refractivity contribution in [2.45, 2.75) is 0 Å². The molecule has 0 fully saturated rings. The first-order chi connectivity index (χ1) is 29.8. The second-order valence-corrected chi connectivity index (χ2v) is 15.3. The van der Waals surface area contributed by atoms with Crippen LogP contribution in [0.5, 0.6) is 0 Å². The molecule has 282 valence electrons. The van der Waals surface area contributed by atoms with E-state index >= 15 is 0 Å². The number of anilines is 3. The summed E-state index contributed by atoms with van der Waals surface area (Å²) in [5.74, 6) is 0. The van der Waals surface area contributed by atoms with Gasteiger partial charge in [-0.05, 0) is 110 Å². The molecular formula is C58H40N2.